The number of halogens is 4. The van der Waals surface area contributed by atoms with E-state index in [2.05, 4.69) is 15.3 Å². The number of hydrogen-bond donors (Lipinski definition) is 4. The van der Waals surface area contributed by atoms with Crippen molar-refractivity contribution in [3.8, 4) is 11.3 Å². The largest absolute Gasteiger partial charge is 0.490 e. The number of nitrogens with two attached hydrogens (primary N) is 1. The number of alkyl halides is 3. The molecule has 2 aromatic heterocycles. The van der Waals surface area contributed by atoms with E-state index in [1.807, 2.05) is 24.3 Å². The van der Waals surface area contributed by atoms with Crippen LogP contribution < -0.4 is 11.1 Å². The highest BCUT2D eigenvalue weighted by Crippen LogP contribution is 2.23. The number of carbonyl (C=O) groups is 3. The van der Waals surface area contributed by atoms with Crippen LogP contribution in [0.1, 0.15) is 34.5 Å². The van der Waals surface area contributed by atoms with Crippen molar-refractivity contribution in [3.05, 3.63) is 76.7 Å². The third-order valence-corrected chi connectivity index (χ3v) is 6.01. The number of carbonyl (C=O) groups excluding carboxylic acids is 2. The first-order valence-electron chi connectivity index (χ1n) is 11.5. The van der Waals surface area contributed by atoms with E-state index >= 15 is 0 Å². The van der Waals surface area contributed by atoms with Gasteiger partial charge in [-0.05, 0) is 54.3 Å². The van der Waals surface area contributed by atoms with Gasteiger partial charge in [-0.1, -0.05) is 23.7 Å². The normalized spacial score (nSPS) is 15.0. The van der Waals surface area contributed by atoms with E-state index in [1.54, 1.807) is 35.5 Å². The summed E-state index contributed by atoms with van der Waals surface area (Å²) in [5.74, 6) is -3.12. The van der Waals surface area contributed by atoms with Crippen molar-refractivity contribution in [1.82, 2.24) is 20.2 Å². The van der Waals surface area contributed by atoms with Gasteiger partial charge in [0.15, 0.2) is 0 Å². The van der Waals surface area contributed by atoms with E-state index < -0.39 is 18.2 Å². The van der Waals surface area contributed by atoms with Crippen molar-refractivity contribution in [1.29, 1.82) is 0 Å². The van der Waals surface area contributed by atoms with Crippen molar-refractivity contribution in [2.75, 3.05) is 6.54 Å². The highest BCUT2D eigenvalue weighted by Gasteiger charge is 2.38. The summed E-state index contributed by atoms with van der Waals surface area (Å²) in [6, 6.07) is 12.3. The maximum Gasteiger partial charge on any atom is 0.490 e. The monoisotopic (exact) mass is 551 g/mol. The Balaban J connectivity index is 0.000000505. The van der Waals surface area contributed by atoms with Crippen LogP contribution in [-0.2, 0) is 22.7 Å². The molecular weight excluding hydrogens is 527 g/mol. The number of pyridine rings is 1. The Morgan fingerprint density at radius 1 is 1.18 bits per heavy atom. The lowest BCUT2D eigenvalue weighted by Crippen LogP contribution is -2.45. The number of benzene rings is 1. The van der Waals surface area contributed by atoms with Gasteiger partial charge >= 0.3 is 12.1 Å². The SMILES string of the molecule is NCc1ccc(Cl)cc1CNC(=O)[C@@H]1CCCN1C(=O)c1cc(-c2ccccn2)c[nH]1.O=C(O)C(F)(F)F. The Hall–Kier alpha value is -3.90. The maximum atomic E-state index is 13.1. The van der Waals surface area contributed by atoms with Gasteiger partial charge in [-0.2, -0.15) is 13.2 Å². The van der Waals surface area contributed by atoms with Crippen molar-refractivity contribution in [2.24, 2.45) is 5.73 Å². The van der Waals surface area contributed by atoms with Crippen molar-refractivity contribution in [3.63, 3.8) is 0 Å². The number of aliphatic carboxylic acids is 1. The van der Waals surface area contributed by atoms with Crippen LogP contribution in [0.25, 0.3) is 11.3 Å². The first-order chi connectivity index (χ1) is 18.0. The van der Waals surface area contributed by atoms with E-state index in [1.165, 1.54) is 0 Å². The van der Waals surface area contributed by atoms with E-state index in [9.17, 15) is 22.8 Å². The number of amides is 2. The second-order valence-corrected chi connectivity index (χ2v) is 8.75. The van der Waals surface area contributed by atoms with E-state index in [4.69, 9.17) is 27.2 Å². The predicted octanol–water partition coefficient (Wildman–Crippen LogP) is 3.74. The molecule has 4 rings (SSSR count). The molecule has 1 fully saturated rings. The molecule has 2 amide bonds. The Morgan fingerprint density at radius 2 is 1.92 bits per heavy atom. The molecule has 0 unspecified atom stereocenters. The van der Waals surface area contributed by atoms with Crippen LogP contribution in [-0.4, -0.2) is 56.5 Å². The minimum atomic E-state index is -5.08. The minimum absolute atomic E-state index is 0.176. The molecule has 3 aromatic rings. The number of carboxylic acid groups (broad SMARTS) is 1. The Morgan fingerprint density at radius 3 is 2.55 bits per heavy atom. The maximum absolute atomic E-state index is 13.1. The molecule has 0 radical (unpaired) electrons. The van der Waals surface area contributed by atoms with Crippen molar-refractivity contribution in [2.45, 2.75) is 38.1 Å². The van der Waals surface area contributed by atoms with Crippen LogP contribution in [0.4, 0.5) is 13.2 Å². The zero-order valence-electron chi connectivity index (χ0n) is 20.0. The van der Waals surface area contributed by atoms with E-state index in [0.717, 1.165) is 28.8 Å². The molecule has 1 saturated heterocycles. The summed E-state index contributed by atoms with van der Waals surface area (Å²) >= 11 is 6.08. The van der Waals surface area contributed by atoms with Gasteiger partial charge in [0, 0.05) is 42.6 Å². The number of nitrogens with one attached hydrogen (secondary N) is 2. The summed E-state index contributed by atoms with van der Waals surface area (Å²) in [7, 11) is 0. The average Bonchev–Trinajstić information content (AvgIpc) is 3.58. The van der Waals surface area contributed by atoms with Gasteiger partial charge in [0.05, 0.1) is 5.69 Å². The molecule has 0 spiro atoms. The van der Waals surface area contributed by atoms with Gasteiger partial charge in [-0.25, -0.2) is 4.79 Å². The van der Waals surface area contributed by atoms with Gasteiger partial charge in [-0.3, -0.25) is 14.6 Å². The molecule has 202 valence electrons. The summed E-state index contributed by atoms with van der Waals surface area (Å²) < 4.78 is 31.7. The summed E-state index contributed by atoms with van der Waals surface area (Å²) in [5.41, 5.74) is 9.65. The molecule has 0 saturated carbocycles. The quantitative estimate of drug-likeness (QED) is 0.368. The van der Waals surface area contributed by atoms with Crippen LogP contribution in [0.3, 0.4) is 0 Å². The molecule has 0 bridgehead atoms. The summed E-state index contributed by atoms with van der Waals surface area (Å²) in [6.45, 7) is 1.22. The Kier molecular flexibility index (Phi) is 9.48. The average molecular weight is 552 g/mol. The molecule has 1 atom stereocenters. The molecule has 9 nitrogen and oxygen atoms in total. The zero-order chi connectivity index (χ0) is 27.9. The molecule has 1 aliphatic rings. The molecule has 1 aliphatic heterocycles. The van der Waals surface area contributed by atoms with Gasteiger partial charge in [0.2, 0.25) is 5.91 Å². The lowest BCUT2D eigenvalue weighted by molar-refractivity contribution is -0.192. The van der Waals surface area contributed by atoms with Gasteiger partial charge in [0.25, 0.3) is 5.91 Å². The van der Waals surface area contributed by atoms with Crippen LogP contribution in [0.2, 0.25) is 5.02 Å². The molecule has 3 heterocycles. The summed E-state index contributed by atoms with van der Waals surface area (Å²) in [4.78, 5) is 43.8. The van der Waals surface area contributed by atoms with Crippen LogP contribution >= 0.6 is 11.6 Å². The first-order valence-corrected chi connectivity index (χ1v) is 11.8. The Bertz CT molecular complexity index is 1280. The molecular formula is C25H25ClF3N5O4. The fraction of sp³-hybridized carbons (Fsp3) is 0.280. The molecule has 38 heavy (non-hydrogen) atoms. The van der Waals surface area contributed by atoms with E-state index in [-0.39, 0.29) is 11.8 Å². The fourth-order valence-corrected chi connectivity index (χ4v) is 4.09. The molecule has 1 aromatic carbocycles. The minimum Gasteiger partial charge on any atom is -0.475 e. The summed E-state index contributed by atoms with van der Waals surface area (Å²) in [5, 5.41) is 10.7. The molecule has 5 N–H and O–H groups in total. The number of nitrogens with zero attached hydrogens (tertiary/aromatic N) is 2. The number of likely N-dealkylation sites (tertiary alicyclic amines) is 1. The fourth-order valence-electron chi connectivity index (χ4n) is 3.89. The standard InChI is InChI=1S/C23H24ClN5O2.C2HF3O2/c24-18-7-6-15(12-25)16(10-18)13-28-22(30)21-5-3-9-29(21)23(31)20-11-17(14-27-20)19-4-1-2-8-26-19;3-2(4,5)1(6)7/h1-2,4,6-8,10-11,14,21,27H,3,5,9,12-13,25H2,(H,28,30);(H,6,7)/t21-;/m0./s1. The molecule has 13 heteroatoms. The highest BCUT2D eigenvalue weighted by atomic mass is 35.5. The van der Waals surface area contributed by atoms with Crippen molar-refractivity contribution >= 4 is 29.4 Å². The predicted molar refractivity (Wildman–Crippen MR) is 133 cm³/mol. The lowest BCUT2D eigenvalue weighted by atomic mass is 10.1. The van der Waals surface area contributed by atoms with Gasteiger partial charge < -0.3 is 26.0 Å². The number of aromatic amines is 1. The van der Waals surface area contributed by atoms with Crippen LogP contribution in [0, 0.1) is 0 Å². The third-order valence-electron chi connectivity index (χ3n) is 5.77. The number of hydrogen-bond acceptors (Lipinski definition) is 5. The topological polar surface area (TPSA) is 141 Å². The number of rotatable bonds is 6. The third kappa shape index (κ3) is 7.33. The Labute approximate surface area is 220 Å². The zero-order valence-corrected chi connectivity index (χ0v) is 20.7. The summed E-state index contributed by atoms with van der Waals surface area (Å²) in [6.07, 6.45) is -0.206. The number of aromatic nitrogens is 2. The van der Waals surface area contributed by atoms with Crippen LogP contribution in [0.15, 0.2) is 54.9 Å². The number of carboxylic acids is 1. The highest BCUT2D eigenvalue weighted by molar-refractivity contribution is 6.30. The number of H-pyrrole nitrogens is 1. The second kappa shape index (κ2) is 12.6. The second-order valence-electron chi connectivity index (χ2n) is 8.31. The van der Waals surface area contributed by atoms with E-state index in [0.29, 0.717) is 36.8 Å². The van der Waals surface area contributed by atoms with Crippen LogP contribution in [0.5, 0.6) is 0 Å². The van der Waals surface area contributed by atoms with Crippen molar-refractivity contribution < 1.29 is 32.7 Å². The lowest BCUT2D eigenvalue weighted by Gasteiger charge is -2.23. The first kappa shape index (κ1) is 28.7. The molecule has 0 aliphatic carbocycles. The van der Waals surface area contributed by atoms with Gasteiger partial charge in [0.1, 0.15) is 11.7 Å². The van der Waals surface area contributed by atoms with Gasteiger partial charge in [-0.15, -0.1) is 0 Å². The smallest absolute Gasteiger partial charge is 0.475 e.